The molecule has 2 atom stereocenters. The third-order valence-corrected chi connectivity index (χ3v) is 7.52. The number of nitrogens with zero attached hydrogens (tertiary/aromatic N) is 4. The van der Waals surface area contributed by atoms with Crippen molar-refractivity contribution in [1.29, 1.82) is 0 Å². The van der Waals surface area contributed by atoms with E-state index in [2.05, 4.69) is 9.88 Å². The number of carbonyl (C=O) groups is 1. The van der Waals surface area contributed by atoms with Crippen LogP contribution in [0.4, 0.5) is 13.6 Å². The van der Waals surface area contributed by atoms with E-state index >= 15 is 0 Å². The molecule has 220 valence electrons. The number of pyridine rings is 2. The van der Waals surface area contributed by atoms with Crippen LogP contribution >= 0.6 is 0 Å². The SMILES string of the molecule is COc1cc(CN(Cc2cn3c4c(c(F)c(F)cc4c2=O)OCC3C)[C@H]2CCCN(C(=O)OC(C)(C)C)C2)ccn1. The molecule has 1 unspecified atom stereocenters. The summed E-state index contributed by atoms with van der Waals surface area (Å²) in [7, 11) is 1.55. The third kappa shape index (κ3) is 6.00. The Bertz CT molecular complexity index is 1520. The minimum absolute atomic E-state index is 0.0764. The van der Waals surface area contributed by atoms with Crippen LogP contribution in [-0.4, -0.2) is 63.9 Å². The molecule has 11 heteroatoms. The van der Waals surface area contributed by atoms with Crippen LogP contribution in [0.1, 0.15) is 57.7 Å². The predicted octanol–water partition coefficient (Wildman–Crippen LogP) is 5.04. The van der Waals surface area contributed by atoms with Crippen LogP contribution in [0.25, 0.3) is 10.9 Å². The summed E-state index contributed by atoms with van der Waals surface area (Å²) < 4.78 is 47.4. The van der Waals surface area contributed by atoms with Gasteiger partial charge in [0.25, 0.3) is 0 Å². The van der Waals surface area contributed by atoms with Crippen LogP contribution in [0.3, 0.4) is 0 Å². The molecule has 1 amide bonds. The van der Waals surface area contributed by atoms with Gasteiger partial charge in [-0.1, -0.05) is 0 Å². The maximum atomic E-state index is 14.6. The summed E-state index contributed by atoms with van der Waals surface area (Å²) >= 11 is 0. The highest BCUT2D eigenvalue weighted by molar-refractivity contribution is 5.86. The van der Waals surface area contributed by atoms with E-state index in [1.807, 2.05) is 39.8 Å². The van der Waals surface area contributed by atoms with Gasteiger partial charge in [-0.3, -0.25) is 9.69 Å². The molecule has 0 bridgehead atoms. The van der Waals surface area contributed by atoms with E-state index < -0.39 is 17.2 Å². The van der Waals surface area contributed by atoms with E-state index in [0.717, 1.165) is 24.5 Å². The first-order valence-electron chi connectivity index (χ1n) is 13.8. The Balaban J connectivity index is 1.53. The van der Waals surface area contributed by atoms with E-state index in [-0.39, 0.29) is 53.4 Å². The number of hydrogen-bond acceptors (Lipinski definition) is 7. The number of carbonyl (C=O) groups excluding carboxylic acids is 1. The second kappa shape index (κ2) is 11.3. The molecule has 0 aliphatic carbocycles. The number of ether oxygens (including phenoxy) is 3. The summed E-state index contributed by atoms with van der Waals surface area (Å²) in [6, 6.07) is 4.39. The molecule has 3 aromatic rings. The molecular weight excluding hydrogens is 534 g/mol. The Kier molecular flexibility index (Phi) is 7.91. The van der Waals surface area contributed by atoms with Crippen molar-refractivity contribution in [3.8, 4) is 11.6 Å². The van der Waals surface area contributed by atoms with Gasteiger partial charge in [0.2, 0.25) is 11.7 Å². The van der Waals surface area contributed by atoms with Gasteiger partial charge in [0.15, 0.2) is 17.0 Å². The number of rotatable bonds is 6. The molecule has 0 spiro atoms. The monoisotopic (exact) mass is 570 g/mol. The number of aromatic nitrogens is 2. The summed E-state index contributed by atoms with van der Waals surface area (Å²) in [6.45, 7) is 9.24. The van der Waals surface area contributed by atoms with Gasteiger partial charge in [-0.25, -0.2) is 14.2 Å². The zero-order valence-electron chi connectivity index (χ0n) is 24.1. The number of piperidine rings is 1. The maximum Gasteiger partial charge on any atom is 0.410 e. The first kappa shape index (κ1) is 28.8. The summed E-state index contributed by atoms with van der Waals surface area (Å²) in [5.41, 5.74) is 0.623. The largest absolute Gasteiger partial charge is 0.486 e. The first-order valence-corrected chi connectivity index (χ1v) is 13.8. The topological polar surface area (TPSA) is 86.1 Å². The first-order chi connectivity index (χ1) is 19.4. The average Bonchev–Trinajstić information content (AvgIpc) is 2.93. The summed E-state index contributed by atoms with van der Waals surface area (Å²) in [6.07, 6.45) is 4.59. The van der Waals surface area contributed by atoms with Gasteiger partial charge in [-0.15, -0.1) is 0 Å². The lowest BCUT2D eigenvalue weighted by molar-refractivity contribution is 0.00887. The van der Waals surface area contributed by atoms with E-state index in [9.17, 15) is 18.4 Å². The van der Waals surface area contributed by atoms with Crippen molar-refractivity contribution in [1.82, 2.24) is 19.4 Å². The Morgan fingerprint density at radius 3 is 2.76 bits per heavy atom. The normalized spacial score (nSPS) is 18.9. The van der Waals surface area contributed by atoms with Crippen LogP contribution in [0.2, 0.25) is 0 Å². The lowest BCUT2D eigenvalue weighted by Gasteiger charge is -2.40. The number of likely N-dealkylation sites (tertiary alicyclic amines) is 1. The second-order valence-corrected chi connectivity index (χ2v) is 11.8. The van der Waals surface area contributed by atoms with Crippen molar-refractivity contribution < 1.29 is 27.8 Å². The molecule has 1 saturated heterocycles. The van der Waals surface area contributed by atoms with Crippen LogP contribution in [-0.2, 0) is 17.8 Å². The van der Waals surface area contributed by atoms with Crippen LogP contribution < -0.4 is 14.9 Å². The highest BCUT2D eigenvalue weighted by atomic mass is 19.2. The molecule has 0 saturated carbocycles. The highest BCUT2D eigenvalue weighted by Crippen LogP contribution is 2.35. The number of benzene rings is 1. The van der Waals surface area contributed by atoms with E-state index in [1.54, 1.807) is 29.0 Å². The molecule has 2 aliphatic heterocycles. The minimum Gasteiger partial charge on any atom is -0.486 e. The van der Waals surface area contributed by atoms with Gasteiger partial charge >= 0.3 is 6.09 Å². The highest BCUT2D eigenvalue weighted by Gasteiger charge is 2.32. The average molecular weight is 571 g/mol. The fourth-order valence-electron chi connectivity index (χ4n) is 5.54. The fourth-order valence-corrected chi connectivity index (χ4v) is 5.54. The van der Waals surface area contributed by atoms with Gasteiger partial charge in [-0.2, -0.15) is 4.39 Å². The Hall–Kier alpha value is -3.73. The number of hydrogen-bond donors (Lipinski definition) is 0. The van der Waals surface area contributed by atoms with E-state index in [1.165, 1.54) is 0 Å². The van der Waals surface area contributed by atoms with Gasteiger partial charge in [0, 0.05) is 56.2 Å². The Labute approximate surface area is 237 Å². The third-order valence-electron chi connectivity index (χ3n) is 7.52. The Morgan fingerprint density at radius 2 is 2.02 bits per heavy atom. The lowest BCUT2D eigenvalue weighted by atomic mass is 10.0. The second-order valence-electron chi connectivity index (χ2n) is 11.8. The van der Waals surface area contributed by atoms with Crippen molar-refractivity contribution in [3.05, 3.63) is 63.6 Å². The molecule has 1 fully saturated rings. The summed E-state index contributed by atoms with van der Waals surface area (Å²) in [5, 5.41) is 0.0764. The van der Waals surface area contributed by atoms with Crippen LogP contribution in [0.5, 0.6) is 11.6 Å². The quantitative estimate of drug-likeness (QED) is 0.411. The molecule has 4 heterocycles. The van der Waals surface area contributed by atoms with E-state index in [4.69, 9.17) is 14.2 Å². The molecule has 5 rings (SSSR count). The maximum absolute atomic E-state index is 14.6. The van der Waals surface area contributed by atoms with Crippen molar-refractivity contribution in [2.45, 2.75) is 71.3 Å². The number of methoxy groups -OCH3 is 1. The van der Waals surface area contributed by atoms with Crippen molar-refractivity contribution in [2.24, 2.45) is 0 Å². The zero-order chi connectivity index (χ0) is 29.5. The van der Waals surface area contributed by atoms with E-state index in [0.29, 0.717) is 31.1 Å². The van der Waals surface area contributed by atoms with Crippen molar-refractivity contribution in [2.75, 3.05) is 26.8 Å². The Morgan fingerprint density at radius 1 is 1.24 bits per heavy atom. The molecule has 41 heavy (non-hydrogen) atoms. The minimum atomic E-state index is -1.12. The van der Waals surface area contributed by atoms with Crippen molar-refractivity contribution >= 4 is 17.0 Å². The molecule has 1 aromatic carbocycles. The molecular formula is C30H36F2N4O5. The molecule has 0 N–H and O–H groups in total. The fraction of sp³-hybridized carbons (Fsp3) is 0.500. The zero-order valence-corrected chi connectivity index (χ0v) is 24.1. The number of amides is 1. The van der Waals surface area contributed by atoms with Gasteiger partial charge in [-0.05, 0) is 58.2 Å². The van der Waals surface area contributed by atoms with Crippen LogP contribution in [0, 0.1) is 11.6 Å². The predicted molar refractivity (Wildman–Crippen MR) is 149 cm³/mol. The standard InChI is InChI=1S/C30H36F2N4O5/c1-18-17-40-28-25(32)23(31)12-22-26(28)36(18)15-20(27(22)37)14-35(13-19-8-9-33-24(11-19)39-5)21-7-6-10-34(16-21)29(38)41-30(2,3)4/h8-9,11-12,15,18,21H,6-7,10,13-14,16-17H2,1-5H3/t18?,21-/m0/s1. The number of halogens is 2. The van der Waals surface area contributed by atoms with Gasteiger partial charge in [0.05, 0.1) is 24.1 Å². The van der Waals surface area contributed by atoms with Gasteiger partial charge < -0.3 is 23.7 Å². The van der Waals surface area contributed by atoms with Crippen molar-refractivity contribution in [3.63, 3.8) is 0 Å². The van der Waals surface area contributed by atoms with Gasteiger partial charge in [0.1, 0.15) is 12.2 Å². The molecule has 2 aliphatic rings. The molecule has 0 radical (unpaired) electrons. The van der Waals surface area contributed by atoms with Crippen LogP contribution in [0.15, 0.2) is 35.4 Å². The summed E-state index contributed by atoms with van der Waals surface area (Å²) in [4.78, 5) is 34.7. The summed E-state index contributed by atoms with van der Waals surface area (Å²) in [5.74, 6) is -1.98. The molecule has 2 aromatic heterocycles. The smallest absolute Gasteiger partial charge is 0.410 e. The lowest BCUT2D eigenvalue weighted by Crippen LogP contribution is -2.50. The molecule has 9 nitrogen and oxygen atoms in total.